The molecule has 0 radical (unpaired) electrons. The van der Waals surface area contributed by atoms with Gasteiger partial charge in [0.05, 0.1) is 12.6 Å². The van der Waals surface area contributed by atoms with Gasteiger partial charge in [0.15, 0.2) is 0 Å². The number of hydrogen-bond donors (Lipinski definition) is 1. The number of rotatable bonds is 10. The van der Waals surface area contributed by atoms with Crippen molar-refractivity contribution in [1.29, 1.82) is 0 Å². The van der Waals surface area contributed by atoms with E-state index in [0.717, 1.165) is 11.3 Å². The van der Waals surface area contributed by atoms with Crippen LogP contribution in [0.5, 0.6) is 11.5 Å². The van der Waals surface area contributed by atoms with E-state index in [1.807, 2.05) is 31.2 Å². The zero-order valence-corrected chi connectivity index (χ0v) is 17.2. The summed E-state index contributed by atoms with van der Waals surface area (Å²) < 4.78 is 39.8. The highest BCUT2D eigenvalue weighted by atomic mass is 19.3. The van der Waals surface area contributed by atoms with Gasteiger partial charge in [0.1, 0.15) is 11.5 Å². The van der Waals surface area contributed by atoms with E-state index in [2.05, 4.69) is 20.2 Å². The van der Waals surface area contributed by atoms with E-state index in [1.165, 1.54) is 12.1 Å². The molecule has 0 aliphatic rings. The van der Waals surface area contributed by atoms with Gasteiger partial charge in [-0.25, -0.2) is 0 Å². The van der Waals surface area contributed by atoms with Crippen molar-refractivity contribution in [2.24, 2.45) is 0 Å². The van der Waals surface area contributed by atoms with Crippen LogP contribution in [0.2, 0.25) is 0 Å². The van der Waals surface area contributed by atoms with Crippen LogP contribution < -0.4 is 14.8 Å². The number of nitrogens with zero attached hydrogens (tertiary/aromatic N) is 2. The highest BCUT2D eigenvalue weighted by Crippen LogP contribution is 2.22. The number of aryl methyl sites for hydroxylation is 1. The molecule has 1 atom stereocenters. The van der Waals surface area contributed by atoms with Crippen LogP contribution in [0.4, 0.5) is 8.78 Å². The van der Waals surface area contributed by atoms with Crippen LogP contribution in [0.3, 0.4) is 0 Å². The van der Waals surface area contributed by atoms with Gasteiger partial charge in [-0.1, -0.05) is 17.3 Å². The lowest BCUT2D eigenvalue weighted by atomic mass is 10.1. The molecule has 0 aliphatic carbocycles. The Morgan fingerprint density at radius 1 is 1.16 bits per heavy atom. The summed E-state index contributed by atoms with van der Waals surface area (Å²) >= 11 is 0. The van der Waals surface area contributed by atoms with E-state index in [4.69, 9.17) is 9.26 Å². The lowest BCUT2D eigenvalue weighted by molar-refractivity contribution is -0.121. The Hall–Kier alpha value is -3.49. The number of carbonyl (C=O) groups is 1. The van der Waals surface area contributed by atoms with Crippen molar-refractivity contribution >= 4 is 5.91 Å². The first-order chi connectivity index (χ1) is 14.9. The summed E-state index contributed by atoms with van der Waals surface area (Å²) in [5, 5.41) is 6.77. The van der Waals surface area contributed by atoms with E-state index >= 15 is 0 Å². The van der Waals surface area contributed by atoms with Crippen molar-refractivity contribution in [2.45, 2.75) is 39.3 Å². The zero-order chi connectivity index (χ0) is 22.2. The standard InChI is InChI=1S/C22H23F2N3O4/c1-3-29-17-9-7-15(8-10-17)21-26-20(31-27-21)12-11-19(28)25-14(2)16-5-4-6-18(13-16)30-22(23)24/h4-10,13-14,22H,3,11-12H2,1-2H3,(H,25,28). The number of amides is 1. The van der Waals surface area contributed by atoms with Crippen molar-refractivity contribution in [3.05, 3.63) is 60.0 Å². The van der Waals surface area contributed by atoms with Crippen LogP contribution in [-0.4, -0.2) is 29.3 Å². The number of alkyl halides is 2. The SMILES string of the molecule is CCOc1ccc(-c2noc(CCC(=O)NC(C)c3cccc(OC(F)F)c3)n2)cc1. The van der Waals surface area contributed by atoms with Gasteiger partial charge in [-0.3, -0.25) is 4.79 Å². The maximum atomic E-state index is 12.4. The molecule has 3 rings (SSSR count). The first-order valence-corrected chi connectivity index (χ1v) is 9.84. The van der Waals surface area contributed by atoms with Crippen molar-refractivity contribution in [2.75, 3.05) is 6.61 Å². The Bertz CT molecular complexity index is 992. The second-order valence-corrected chi connectivity index (χ2v) is 6.71. The van der Waals surface area contributed by atoms with Crippen molar-refractivity contribution in [3.63, 3.8) is 0 Å². The van der Waals surface area contributed by atoms with Gasteiger partial charge in [0, 0.05) is 18.4 Å². The van der Waals surface area contributed by atoms with E-state index in [1.54, 1.807) is 19.1 Å². The minimum atomic E-state index is -2.90. The summed E-state index contributed by atoms with van der Waals surface area (Å²) in [4.78, 5) is 16.6. The molecular weight excluding hydrogens is 408 g/mol. The van der Waals surface area contributed by atoms with Crippen molar-refractivity contribution in [1.82, 2.24) is 15.5 Å². The number of aromatic nitrogens is 2. The third-order valence-electron chi connectivity index (χ3n) is 4.42. The monoisotopic (exact) mass is 431 g/mol. The topological polar surface area (TPSA) is 86.5 Å². The molecule has 7 nitrogen and oxygen atoms in total. The van der Waals surface area contributed by atoms with Gasteiger partial charge in [0.25, 0.3) is 0 Å². The quantitative estimate of drug-likeness (QED) is 0.507. The first kappa shape index (κ1) is 22.2. The average Bonchev–Trinajstić information content (AvgIpc) is 3.22. The summed E-state index contributed by atoms with van der Waals surface area (Å²) in [5.74, 6) is 1.35. The lowest BCUT2D eigenvalue weighted by Gasteiger charge is -2.15. The van der Waals surface area contributed by atoms with Gasteiger partial charge < -0.3 is 19.3 Å². The molecule has 1 unspecified atom stereocenters. The normalized spacial score (nSPS) is 11.9. The van der Waals surface area contributed by atoms with Crippen LogP contribution >= 0.6 is 0 Å². The molecule has 2 aromatic carbocycles. The lowest BCUT2D eigenvalue weighted by Crippen LogP contribution is -2.26. The van der Waals surface area contributed by atoms with E-state index in [9.17, 15) is 13.6 Å². The summed E-state index contributed by atoms with van der Waals surface area (Å²) in [6.45, 7) is 1.36. The molecule has 1 N–H and O–H groups in total. The summed E-state index contributed by atoms with van der Waals surface area (Å²) in [5.41, 5.74) is 1.43. The smallest absolute Gasteiger partial charge is 0.387 e. The molecule has 1 amide bonds. The minimum absolute atomic E-state index is 0.0428. The Labute approximate surface area is 178 Å². The number of benzene rings is 2. The summed E-state index contributed by atoms with van der Waals surface area (Å²) in [7, 11) is 0. The van der Waals surface area contributed by atoms with Crippen LogP contribution in [0.1, 0.15) is 37.8 Å². The maximum Gasteiger partial charge on any atom is 0.387 e. The van der Waals surface area contributed by atoms with Gasteiger partial charge in [-0.05, 0) is 55.8 Å². The summed E-state index contributed by atoms with van der Waals surface area (Å²) in [6.07, 6.45) is 0.416. The molecular formula is C22H23F2N3O4. The van der Waals surface area contributed by atoms with Gasteiger partial charge >= 0.3 is 6.61 Å². The molecule has 0 spiro atoms. The maximum absolute atomic E-state index is 12.4. The number of ether oxygens (including phenoxy) is 2. The first-order valence-electron chi connectivity index (χ1n) is 9.84. The predicted molar refractivity (Wildman–Crippen MR) is 109 cm³/mol. The number of carbonyl (C=O) groups excluding carboxylic acids is 1. The zero-order valence-electron chi connectivity index (χ0n) is 17.2. The molecule has 0 saturated heterocycles. The highest BCUT2D eigenvalue weighted by molar-refractivity contribution is 5.76. The molecule has 1 heterocycles. The van der Waals surface area contributed by atoms with Crippen LogP contribution in [0.15, 0.2) is 53.1 Å². The van der Waals surface area contributed by atoms with Gasteiger partial charge in [-0.2, -0.15) is 13.8 Å². The molecule has 9 heteroatoms. The van der Waals surface area contributed by atoms with Crippen LogP contribution in [0.25, 0.3) is 11.4 Å². The third-order valence-corrected chi connectivity index (χ3v) is 4.42. The average molecular weight is 431 g/mol. The second kappa shape index (κ2) is 10.5. The van der Waals surface area contributed by atoms with E-state index < -0.39 is 6.61 Å². The Morgan fingerprint density at radius 2 is 1.94 bits per heavy atom. The molecule has 0 bridgehead atoms. The Morgan fingerprint density at radius 3 is 2.65 bits per heavy atom. The van der Waals surface area contributed by atoms with Crippen LogP contribution in [-0.2, 0) is 11.2 Å². The largest absolute Gasteiger partial charge is 0.494 e. The molecule has 0 fully saturated rings. The fraction of sp³-hybridized carbons (Fsp3) is 0.318. The highest BCUT2D eigenvalue weighted by Gasteiger charge is 2.14. The fourth-order valence-corrected chi connectivity index (χ4v) is 2.92. The van der Waals surface area contributed by atoms with Gasteiger partial charge in [-0.15, -0.1) is 0 Å². The van der Waals surface area contributed by atoms with E-state index in [0.29, 0.717) is 23.9 Å². The van der Waals surface area contributed by atoms with Crippen LogP contribution in [0, 0.1) is 0 Å². The Kier molecular flexibility index (Phi) is 7.53. The molecule has 164 valence electrons. The predicted octanol–water partition coefficient (Wildman–Crippen LogP) is 4.55. The minimum Gasteiger partial charge on any atom is -0.494 e. The molecule has 1 aromatic heterocycles. The molecule has 0 aliphatic heterocycles. The second-order valence-electron chi connectivity index (χ2n) is 6.71. The van der Waals surface area contributed by atoms with Gasteiger partial charge in [0.2, 0.25) is 17.6 Å². The molecule has 3 aromatic rings. The fourth-order valence-electron chi connectivity index (χ4n) is 2.92. The van der Waals surface area contributed by atoms with Crippen molar-refractivity contribution < 1.29 is 27.6 Å². The number of nitrogens with one attached hydrogen (secondary N) is 1. The number of halogens is 2. The van der Waals surface area contributed by atoms with E-state index in [-0.39, 0.29) is 30.5 Å². The number of hydrogen-bond acceptors (Lipinski definition) is 6. The summed E-state index contributed by atoms with van der Waals surface area (Å²) in [6, 6.07) is 13.2. The van der Waals surface area contributed by atoms with Crippen molar-refractivity contribution in [3.8, 4) is 22.9 Å². The molecule has 31 heavy (non-hydrogen) atoms. The third kappa shape index (κ3) is 6.50. The molecule has 0 saturated carbocycles. The Balaban J connectivity index is 1.52.